The van der Waals surface area contributed by atoms with Gasteiger partial charge in [-0.25, -0.2) is 0 Å². The highest BCUT2D eigenvalue weighted by Gasteiger charge is 2.34. The van der Waals surface area contributed by atoms with Crippen molar-refractivity contribution >= 4 is 17.6 Å². The quantitative estimate of drug-likeness (QED) is 0.588. The molecule has 35 heavy (non-hydrogen) atoms. The molecule has 2 aliphatic rings. The first-order valence-corrected chi connectivity index (χ1v) is 12.3. The van der Waals surface area contributed by atoms with Crippen LogP contribution < -0.4 is 9.47 Å². The van der Waals surface area contributed by atoms with E-state index in [-0.39, 0.29) is 24.2 Å². The second-order valence-corrected chi connectivity index (χ2v) is 9.38. The number of ether oxygens (including phenoxy) is 2. The first kappa shape index (κ1) is 24.8. The molecule has 0 aliphatic carbocycles. The number of piperidine rings is 1. The predicted molar refractivity (Wildman–Crippen MR) is 134 cm³/mol. The van der Waals surface area contributed by atoms with E-state index < -0.39 is 5.97 Å². The van der Waals surface area contributed by atoms with E-state index in [1.54, 1.807) is 14.2 Å². The third kappa shape index (κ3) is 6.02. The molecule has 0 radical (unpaired) electrons. The Hall–Kier alpha value is -3.35. The summed E-state index contributed by atoms with van der Waals surface area (Å²) in [5.74, 6) is 0.747. The molecule has 2 unspecified atom stereocenters. The SMILES string of the molecule is COc1cc2c(cc1OC)C(CC1CN(C(=O)CCc3ccccc3)CCC1CC(=O)O)=NCC2. The predicted octanol–water partition coefficient (Wildman–Crippen LogP) is 4.01. The molecule has 2 aliphatic heterocycles. The smallest absolute Gasteiger partial charge is 0.303 e. The average molecular weight is 479 g/mol. The van der Waals surface area contributed by atoms with Crippen molar-refractivity contribution < 1.29 is 24.2 Å². The maximum absolute atomic E-state index is 13.0. The number of nitrogens with zero attached hydrogens (tertiary/aromatic N) is 2. The maximum Gasteiger partial charge on any atom is 0.303 e. The van der Waals surface area contributed by atoms with Gasteiger partial charge in [0.2, 0.25) is 5.91 Å². The minimum absolute atomic E-state index is 0.0129. The number of rotatable bonds is 9. The number of benzene rings is 2. The number of amides is 1. The van der Waals surface area contributed by atoms with Crippen LogP contribution in [0.4, 0.5) is 0 Å². The number of hydrogen-bond acceptors (Lipinski definition) is 5. The maximum atomic E-state index is 13.0. The third-order valence-corrected chi connectivity index (χ3v) is 7.21. The van der Waals surface area contributed by atoms with Crippen LogP contribution in [0.15, 0.2) is 47.5 Å². The molecule has 7 nitrogen and oxygen atoms in total. The molecule has 1 saturated heterocycles. The molecule has 186 valence electrons. The lowest BCUT2D eigenvalue weighted by Gasteiger charge is -2.39. The van der Waals surface area contributed by atoms with Crippen molar-refractivity contribution in [2.75, 3.05) is 33.9 Å². The van der Waals surface area contributed by atoms with Crippen molar-refractivity contribution in [3.63, 3.8) is 0 Å². The zero-order valence-electron chi connectivity index (χ0n) is 20.5. The van der Waals surface area contributed by atoms with E-state index in [1.807, 2.05) is 47.4 Å². The molecule has 2 aromatic rings. The number of carbonyl (C=O) groups excluding carboxylic acids is 1. The summed E-state index contributed by atoms with van der Waals surface area (Å²) in [4.78, 5) is 31.4. The molecule has 0 saturated carbocycles. The fourth-order valence-electron chi connectivity index (χ4n) is 5.30. The van der Waals surface area contributed by atoms with Gasteiger partial charge in [0, 0.05) is 43.8 Å². The van der Waals surface area contributed by atoms with Crippen LogP contribution in [0.3, 0.4) is 0 Å². The number of carbonyl (C=O) groups is 2. The van der Waals surface area contributed by atoms with Gasteiger partial charge in [-0.15, -0.1) is 0 Å². The zero-order chi connectivity index (χ0) is 24.8. The number of methoxy groups -OCH3 is 2. The Balaban J connectivity index is 1.50. The molecule has 1 N–H and O–H groups in total. The van der Waals surface area contributed by atoms with Crippen LogP contribution >= 0.6 is 0 Å². The van der Waals surface area contributed by atoms with Crippen LogP contribution in [-0.4, -0.2) is 61.4 Å². The van der Waals surface area contributed by atoms with Crippen molar-refractivity contribution in [3.05, 3.63) is 59.2 Å². The van der Waals surface area contributed by atoms with Gasteiger partial charge in [-0.2, -0.15) is 0 Å². The largest absolute Gasteiger partial charge is 0.493 e. The number of carboxylic acid groups (broad SMARTS) is 1. The Morgan fingerprint density at radius 3 is 2.54 bits per heavy atom. The highest BCUT2D eigenvalue weighted by Crippen LogP contribution is 2.36. The van der Waals surface area contributed by atoms with Gasteiger partial charge in [0.25, 0.3) is 0 Å². The van der Waals surface area contributed by atoms with Gasteiger partial charge in [-0.3, -0.25) is 14.6 Å². The van der Waals surface area contributed by atoms with E-state index >= 15 is 0 Å². The molecule has 0 aromatic heterocycles. The van der Waals surface area contributed by atoms with Crippen LogP contribution in [0.5, 0.6) is 11.5 Å². The number of likely N-dealkylation sites (tertiary alicyclic amines) is 1. The van der Waals surface area contributed by atoms with Gasteiger partial charge in [-0.05, 0) is 60.8 Å². The number of hydrogen-bond donors (Lipinski definition) is 1. The van der Waals surface area contributed by atoms with E-state index in [9.17, 15) is 14.7 Å². The van der Waals surface area contributed by atoms with Crippen molar-refractivity contribution in [2.24, 2.45) is 16.8 Å². The molecule has 2 aromatic carbocycles. The van der Waals surface area contributed by atoms with Crippen molar-refractivity contribution in [1.82, 2.24) is 4.90 Å². The molecule has 2 atom stereocenters. The fourth-order valence-corrected chi connectivity index (χ4v) is 5.30. The van der Waals surface area contributed by atoms with Crippen LogP contribution in [-0.2, 0) is 22.4 Å². The summed E-state index contributed by atoms with van der Waals surface area (Å²) in [5, 5.41) is 9.52. The topological polar surface area (TPSA) is 88.4 Å². The van der Waals surface area contributed by atoms with Crippen LogP contribution in [0.2, 0.25) is 0 Å². The lowest BCUT2D eigenvalue weighted by atomic mass is 9.78. The number of aliphatic imine (C=N–C) groups is 1. The molecule has 0 bridgehead atoms. The van der Waals surface area contributed by atoms with Gasteiger partial charge in [0.05, 0.1) is 14.2 Å². The Labute approximate surface area is 206 Å². The second kappa shape index (κ2) is 11.4. The van der Waals surface area contributed by atoms with Gasteiger partial charge in [0.15, 0.2) is 11.5 Å². The number of aryl methyl sites for hydroxylation is 1. The highest BCUT2D eigenvalue weighted by molar-refractivity contribution is 6.03. The fraction of sp³-hybridized carbons (Fsp3) is 0.464. The molecular formula is C28H34N2O5. The summed E-state index contributed by atoms with van der Waals surface area (Å²) in [6.07, 6.45) is 3.44. The van der Waals surface area contributed by atoms with Gasteiger partial charge >= 0.3 is 5.97 Å². The monoisotopic (exact) mass is 478 g/mol. The van der Waals surface area contributed by atoms with E-state index in [1.165, 1.54) is 0 Å². The molecule has 4 rings (SSSR count). The summed E-state index contributed by atoms with van der Waals surface area (Å²) in [6.45, 7) is 1.86. The molecular weight excluding hydrogens is 444 g/mol. The standard InChI is InChI=1S/C28H34N2O5/c1-34-25-15-21-10-12-29-24(23(21)17-26(25)35-2)14-22-18-30(13-11-20(22)16-28(32)33)27(31)9-8-19-6-4-3-5-7-19/h3-7,15,17,20,22H,8-14,16,18H2,1-2H3,(H,32,33). The van der Waals surface area contributed by atoms with Crippen LogP contribution in [0.1, 0.15) is 42.4 Å². The van der Waals surface area contributed by atoms with E-state index in [0.717, 1.165) is 28.8 Å². The summed E-state index contributed by atoms with van der Waals surface area (Å²) in [7, 11) is 3.25. The number of fused-ring (bicyclic) bond motifs is 1. The Kier molecular flexibility index (Phi) is 8.06. The average Bonchev–Trinajstić information content (AvgIpc) is 2.88. The number of aliphatic carboxylic acids is 1. The summed E-state index contributed by atoms with van der Waals surface area (Å²) >= 11 is 0. The minimum atomic E-state index is -0.791. The van der Waals surface area contributed by atoms with Crippen molar-refractivity contribution in [1.29, 1.82) is 0 Å². The van der Waals surface area contributed by atoms with E-state index in [2.05, 4.69) is 0 Å². The second-order valence-electron chi connectivity index (χ2n) is 9.38. The van der Waals surface area contributed by atoms with Gasteiger partial charge in [0.1, 0.15) is 0 Å². The Bertz CT molecular complexity index is 1080. The number of carboxylic acids is 1. The van der Waals surface area contributed by atoms with E-state index in [0.29, 0.717) is 56.8 Å². The Morgan fingerprint density at radius 2 is 1.83 bits per heavy atom. The van der Waals surface area contributed by atoms with Crippen LogP contribution in [0, 0.1) is 11.8 Å². The lowest BCUT2D eigenvalue weighted by Crippen LogP contribution is -2.45. The first-order valence-electron chi connectivity index (χ1n) is 12.3. The van der Waals surface area contributed by atoms with E-state index in [4.69, 9.17) is 14.5 Å². The zero-order valence-corrected chi connectivity index (χ0v) is 20.5. The molecule has 1 fully saturated rings. The Morgan fingerprint density at radius 1 is 1.09 bits per heavy atom. The molecule has 1 amide bonds. The van der Waals surface area contributed by atoms with Gasteiger partial charge in [-0.1, -0.05) is 30.3 Å². The summed E-state index contributed by atoms with van der Waals surface area (Å²) < 4.78 is 11.0. The van der Waals surface area contributed by atoms with Crippen LogP contribution in [0.25, 0.3) is 0 Å². The normalized spacial score (nSPS) is 19.5. The minimum Gasteiger partial charge on any atom is -0.493 e. The van der Waals surface area contributed by atoms with Crippen molar-refractivity contribution in [2.45, 2.75) is 38.5 Å². The first-order chi connectivity index (χ1) is 17.0. The molecule has 0 spiro atoms. The third-order valence-electron chi connectivity index (χ3n) is 7.21. The molecule has 7 heteroatoms. The summed E-state index contributed by atoms with van der Waals surface area (Å²) in [5.41, 5.74) is 4.31. The lowest BCUT2D eigenvalue weighted by molar-refractivity contribution is -0.139. The van der Waals surface area contributed by atoms with Gasteiger partial charge < -0.3 is 19.5 Å². The summed E-state index contributed by atoms with van der Waals surface area (Å²) in [6, 6.07) is 14.0. The van der Waals surface area contributed by atoms with Crippen molar-refractivity contribution in [3.8, 4) is 11.5 Å². The highest BCUT2D eigenvalue weighted by atomic mass is 16.5. The molecule has 2 heterocycles.